The third kappa shape index (κ3) is 3.33. The highest BCUT2D eigenvalue weighted by atomic mass is 16.5. The summed E-state index contributed by atoms with van der Waals surface area (Å²) >= 11 is 0. The van der Waals surface area contributed by atoms with Gasteiger partial charge in [0, 0.05) is 32.4 Å². The van der Waals surface area contributed by atoms with Crippen molar-refractivity contribution in [3.8, 4) is 0 Å². The quantitative estimate of drug-likeness (QED) is 0.870. The Bertz CT molecular complexity index is 676. The molecule has 0 aromatic carbocycles. The highest BCUT2D eigenvalue weighted by Crippen LogP contribution is 2.38. The summed E-state index contributed by atoms with van der Waals surface area (Å²) < 4.78 is 11.0. The minimum absolute atomic E-state index is 0.0677. The van der Waals surface area contributed by atoms with Crippen molar-refractivity contribution in [3.63, 3.8) is 0 Å². The first-order valence-electron chi connectivity index (χ1n) is 8.86. The molecule has 0 bridgehead atoms. The first kappa shape index (κ1) is 18.4. The fraction of sp³-hybridized carbons (Fsp3) is 0.611. The number of rotatable bonds is 4. The molecule has 0 saturated carbocycles. The lowest BCUT2D eigenvalue weighted by Crippen LogP contribution is -2.58. The van der Waals surface area contributed by atoms with Gasteiger partial charge in [-0.05, 0) is 18.1 Å². The molecule has 3 rings (SSSR count). The Morgan fingerprint density at radius 1 is 1.31 bits per heavy atom. The monoisotopic (exact) mass is 364 g/mol. The molecule has 2 aliphatic rings. The van der Waals surface area contributed by atoms with Crippen LogP contribution in [0.15, 0.2) is 22.8 Å². The maximum atomic E-state index is 12.9. The molecule has 8 nitrogen and oxygen atoms in total. The lowest BCUT2D eigenvalue weighted by Gasteiger charge is -2.44. The number of likely N-dealkylation sites (tertiary alicyclic amines) is 1. The molecule has 3 heterocycles. The number of ether oxygens (including phenoxy) is 1. The number of amides is 2. The van der Waals surface area contributed by atoms with E-state index in [1.165, 1.54) is 17.2 Å². The summed E-state index contributed by atoms with van der Waals surface area (Å²) in [5.41, 5.74) is -1.01. The maximum Gasteiger partial charge on any atom is 0.328 e. The number of nitrogens with zero attached hydrogens (tertiary/aromatic N) is 2. The molecule has 1 aromatic rings. The molecule has 0 radical (unpaired) electrons. The normalized spacial score (nSPS) is 22.2. The average molecular weight is 364 g/mol. The van der Waals surface area contributed by atoms with Crippen LogP contribution in [0.5, 0.6) is 0 Å². The molecule has 0 unspecified atom stereocenters. The van der Waals surface area contributed by atoms with Crippen LogP contribution in [0, 0.1) is 5.92 Å². The van der Waals surface area contributed by atoms with E-state index in [-0.39, 0.29) is 24.2 Å². The lowest BCUT2D eigenvalue weighted by molar-refractivity contribution is -0.148. The summed E-state index contributed by atoms with van der Waals surface area (Å²) in [6.45, 7) is 4.77. The minimum atomic E-state index is -1.11. The number of hydrogen-bond donors (Lipinski definition) is 1. The van der Waals surface area contributed by atoms with E-state index in [2.05, 4.69) is 0 Å². The molecule has 1 atom stereocenters. The van der Waals surface area contributed by atoms with Crippen molar-refractivity contribution in [1.82, 2.24) is 9.80 Å². The van der Waals surface area contributed by atoms with Gasteiger partial charge in [0.15, 0.2) is 11.8 Å². The highest BCUT2D eigenvalue weighted by Gasteiger charge is 2.54. The largest absolute Gasteiger partial charge is 0.480 e. The Balaban J connectivity index is 1.79. The Morgan fingerprint density at radius 2 is 2.00 bits per heavy atom. The molecular weight excluding hydrogens is 340 g/mol. The average Bonchev–Trinajstić information content (AvgIpc) is 3.23. The second-order valence-electron chi connectivity index (χ2n) is 7.24. The van der Waals surface area contributed by atoms with Gasteiger partial charge in [-0.25, -0.2) is 4.79 Å². The Morgan fingerprint density at radius 3 is 2.54 bits per heavy atom. The minimum Gasteiger partial charge on any atom is -0.480 e. The first-order valence-corrected chi connectivity index (χ1v) is 8.86. The van der Waals surface area contributed by atoms with E-state index < -0.39 is 23.6 Å². The van der Waals surface area contributed by atoms with Crippen molar-refractivity contribution in [2.24, 2.45) is 5.92 Å². The van der Waals surface area contributed by atoms with Crippen molar-refractivity contribution in [3.05, 3.63) is 24.2 Å². The summed E-state index contributed by atoms with van der Waals surface area (Å²) in [5.74, 6) is -1.18. The van der Waals surface area contributed by atoms with Crippen LogP contribution < -0.4 is 0 Å². The number of carbonyl (C=O) groups excluding carboxylic acids is 2. The zero-order chi connectivity index (χ0) is 18.9. The number of carboxylic acid groups (broad SMARTS) is 1. The number of hydrogen-bond acceptors (Lipinski definition) is 5. The smallest absolute Gasteiger partial charge is 0.328 e. The van der Waals surface area contributed by atoms with Crippen molar-refractivity contribution in [2.75, 3.05) is 19.7 Å². The van der Waals surface area contributed by atoms with E-state index >= 15 is 0 Å². The fourth-order valence-corrected chi connectivity index (χ4v) is 3.66. The summed E-state index contributed by atoms with van der Waals surface area (Å²) in [6.07, 6.45) is 2.61. The second kappa shape index (κ2) is 7.11. The summed E-state index contributed by atoms with van der Waals surface area (Å²) in [6, 6.07) is 2.03. The van der Waals surface area contributed by atoms with E-state index in [4.69, 9.17) is 9.15 Å². The maximum absolute atomic E-state index is 12.9. The fourth-order valence-electron chi connectivity index (χ4n) is 3.66. The predicted molar refractivity (Wildman–Crippen MR) is 90.3 cm³/mol. The molecule has 2 amide bonds. The van der Waals surface area contributed by atoms with Gasteiger partial charge in [-0.3, -0.25) is 14.5 Å². The lowest BCUT2D eigenvalue weighted by atomic mass is 9.96. The van der Waals surface area contributed by atoms with E-state index in [1.807, 2.05) is 13.8 Å². The molecule has 1 spiro atoms. The summed E-state index contributed by atoms with van der Waals surface area (Å²) in [5, 5.41) is 9.51. The standard InChI is InChI=1S/C18H24N2O6/c1-12(2)10-15(21)19-7-5-18(6-8-19)20(13(11-26-18)17(23)24)16(22)14-4-3-9-25-14/h3-4,9,12-13H,5-8,10-11H2,1-2H3,(H,23,24)/t13-/m0/s1. The van der Waals surface area contributed by atoms with E-state index in [1.54, 1.807) is 11.0 Å². The van der Waals surface area contributed by atoms with Crippen molar-refractivity contribution in [1.29, 1.82) is 0 Å². The van der Waals surface area contributed by atoms with Gasteiger partial charge in [0.05, 0.1) is 12.9 Å². The van der Waals surface area contributed by atoms with Crippen LogP contribution in [0.4, 0.5) is 0 Å². The van der Waals surface area contributed by atoms with Gasteiger partial charge in [-0.1, -0.05) is 13.8 Å². The van der Waals surface area contributed by atoms with Crippen LogP contribution in [-0.2, 0) is 14.3 Å². The van der Waals surface area contributed by atoms with Gasteiger partial charge < -0.3 is 19.2 Å². The van der Waals surface area contributed by atoms with Crippen LogP contribution >= 0.6 is 0 Å². The zero-order valence-electron chi connectivity index (χ0n) is 15.0. The SMILES string of the molecule is CC(C)CC(=O)N1CCC2(CC1)OC[C@@H](C(=O)O)N2C(=O)c1ccco1. The zero-order valence-corrected chi connectivity index (χ0v) is 15.0. The van der Waals surface area contributed by atoms with E-state index in [0.29, 0.717) is 32.4 Å². The Kier molecular flexibility index (Phi) is 5.04. The summed E-state index contributed by atoms with van der Waals surface area (Å²) in [4.78, 5) is 39.8. The van der Waals surface area contributed by atoms with Crippen molar-refractivity contribution >= 4 is 17.8 Å². The number of piperidine rings is 1. The summed E-state index contributed by atoms with van der Waals surface area (Å²) in [7, 11) is 0. The number of carboxylic acids is 1. The molecule has 1 aromatic heterocycles. The number of furan rings is 1. The topological polar surface area (TPSA) is 100 Å². The molecule has 26 heavy (non-hydrogen) atoms. The second-order valence-corrected chi connectivity index (χ2v) is 7.24. The molecule has 0 aliphatic carbocycles. The molecule has 8 heteroatoms. The molecule has 1 N–H and O–H groups in total. The molecule has 2 fully saturated rings. The predicted octanol–water partition coefficient (Wildman–Crippen LogP) is 1.57. The number of carbonyl (C=O) groups is 3. The molecule has 2 aliphatic heterocycles. The Labute approximate surface area is 151 Å². The van der Waals surface area contributed by atoms with Gasteiger partial charge in [-0.2, -0.15) is 0 Å². The highest BCUT2D eigenvalue weighted by molar-refractivity contribution is 5.95. The van der Waals surface area contributed by atoms with Gasteiger partial charge in [0.2, 0.25) is 5.91 Å². The van der Waals surface area contributed by atoms with Crippen molar-refractivity contribution < 1.29 is 28.6 Å². The van der Waals surface area contributed by atoms with Gasteiger partial charge in [0.1, 0.15) is 5.72 Å². The third-order valence-corrected chi connectivity index (χ3v) is 4.98. The molecule has 2 saturated heterocycles. The van der Waals surface area contributed by atoms with Crippen LogP contribution in [0.3, 0.4) is 0 Å². The Hall–Kier alpha value is -2.35. The van der Waals surface area contributed by atoms with Crippen molar-refractivity contribution in [2.45, 2.75) is 44.9 Å². The van der Waals surface area contributed by atoms with Gasteiger partial charge >= 0.3 is 5.97 Å². The van der Waals surface area contributed by atoms with Crippen LogP contribution in [0.1, 0.15) is 43.7 Å². The first-order chi connectivity index (χ1) is 12.3. The molecule has 142 valence electrons. The van der Waals surface area contributed by atoms with Gasteiger partial charge in [-0.15, -0.1) is 0 Å². The van der Waals surface area contributed by atoms with Gasteiger partial charge in [0.25, 0.3) is 5.91 Å². The van der Waals surface area contributed by atoms with Crippen LogP contribution in [-0.4, -0.2) is 64.2 Å². The van der Waals surface area contributed by atoms with Crippen LogP contribution in [0.25, 0.3) is 0 Å². The van der Waals surface area contributed by atoms with E-state index in [0.717, 1.165) is 0 Å². The molecular formula is C18H24N2O6. The third-order valence-electron chi connectivity index (χ3n) is 4.98. The van der Waals surface area contributed by atoms with Crippen LogP contribution in [0.2, 0.25) is 0 Å². The number of aliphatic carboxylic acids is 1. The van der Waals surface area contributed by atoms with E-state index in [9.17, 15) is 19.5 Å².